The number of hydrogen-bond donors (Lipinski definition) is 1. The van der Waals surface area contributed by atoms with Crippen LogP contribution in [0.1, 0.15) is 29.3 Å². The Balaban J connectivity index is 1.93. The minimum atomic E-state index is -4.43. The number of aliphatic carboxylic acids is 1. The van der Waals surface area contributed by atoms with Crippen LogP contribution in [0.3, 0.4) is 0 Å². The molecule has 1 aliphatic heterocycles. The Kier molecular flexibility index (Phi) is 4.95. The van der Waals surface area contributed by atoms with Crippen molar-refractivity contribution in [2.24, 2.45) is 5.92 Å². The second kappa shape index (κ2) is 7.06. The molecule has 2 aromatic rings. The van der Waals surface area contributed by atoms with Gasteiger partial charge in [-0.25, -0.2) is 0 Å². The molecule has 4 nitrogen and oxygen atoms in total. The van der Waals surface area contributed by atoms with Gasteiger partial charge in [0.25, 0.3) is 5.91 Å². The van der Waals surface area contributed by atoms with E-state index in [1.54, 1.807) is 31.2 Å². The van der Waals surface area contributed by atoms with Crippen LogP contribution in [0.4, 0.5) is 13.2 Å². The second-order valence-electron chi connectivity index (χ2n) is 6.59. The van der Waals surface area contributed by atoms with Crippen LogP contribution < -0.4 is 0 Å². The maximum absolute atomic E-state index is 13.0. The van der Waals surface area contributed by atoms with Gasteiger partial charge in [0, 0.05) is 18.2 Å². The van der Waals surface area contributed by atoms with Gasteiger partial charge in [-0.15, -0.1) is 0 Å². The first-order chi connectivity index (χ1) is 12.7. The van der Waals surface area contributed by atoms with Crippen molar-refractivity contribution in [3.05, 3.63) is 59.7 Å². The maximum atomic E-state index is 13.0. The normalized spacial score (nSPS) is 19.9. The Labute approximate surface area is 154 Å². The van der Waals surface area contributed by atoms with Crippen LogP contribution in [0.5, 0.6) is 0 Å². The number of carboxylic acids is 1. The van der Waals surface area contributed by atoms with E-state index in [0.717, 1.165) is 12.1 Å². The highest BCUT2D eigenvalue weighted by Crippen LogP contribution is 2.33. The number of nitrogens with zero attached hydrogens (tertiary/aromatic N) is 1. The van der Waals surface area contributed by atoms with Crippen molar-refractivity contribution in [3.63, 3.8) is 0 Å². The van der Waals surface area contributed by atoms with Crippen LogP contribution in [0, 0.1) is 5.92 Å². The van der Waals surface area contributed by atoms with Crippen LogP contribution in [0.15, 0.2) is 48.5 Å². The highest BCUT2D eigenvalue weighted by Gasteiger charge is 2.39. The quantitative estimate of drug-likeness (QED) is 0.867. The van der Waals surface area contributed by atoms with Gasteiger partial charge in [-0.3, -0.25) is 9.59 Å². The molecule has 1 fully saturated rings. The first kappa shape index (κ1) is 18.9. The summed E-state index contributed by atoms with van der Waals surface area (Å²) in [4.78, 5) is 25.8. The fraction of sp³-hybridized carbons (Fsp3) is 0.300. The average molecular weight is 377 g/mol. The van der Waals surface area contributed by atoms with Gasteiger partial charge in [-0.1, -0.05) is 30.3 Å². The van der Waals surface area contributed by atoms with E-state index in [-0.39, 0.29) is 5.91 Å². The predicted octanol–water partition coefficient (Wildman–Crippen LogP) is 4.31. The third kappa shape index (κ3) is 3.67. The standard InChI is InChI=1S/C20H18F3NO3/c1-12-15(19(26)27)10-11-24(12)18(25)17-5-3-2-4-16(17)13-6-8-14(9-7-13)20(21,22)23/h2-9,12,15H,10-11H2,1H3,(H,26,27). The SMILES string of the molecule is CC1C(C(=O)O)CCN1C(=O)c1ccccc1-c1ccc(C(F)(F)F)cc1. The minimum absolute atomic E-state index is 0.318. The fourth-order valence-electron chi connectivity index (χ4n) is 3.47. The van der Waals surface area contributed by atoms with E-state index in [4.69, 9.17) is 0 Å². The third-order valence-corrected chi connectivity index (χ3v) is 5.01. The van der Waals surface area contributed by atoms with Crippen molar-refractivity contribution in [1.29, 1.82) is 0 Å². The van der Waals surface area contributed by atoms with Crippen molar-refractivity contribution in [2.75, 3.05) is 6.54 Å². The second-order valence-corrected chi connectivity index (χ2v) is 6.59. The number of carbonyl (C=O) groups excluding carboxylic acids is 1. The van der Waals surface area contributed by atoms with Gasteiger partial charge < -0.3 is 10.0 Å². The van der Waals surface area contributed by atoms with Crippen molar-refractivity contribution >= 4 is 11.9 Å². The van der Waals surface area contributed by atoms with E-state index in [0.29, 0.717) is 29.7 Å². The predicted molar refractivity (Wildman–Crippen MR) is 93.1 cm³/mol. The smallest absolute Gasteiger partial charge is 0.416 e. The zero-order valence-electron chi connectivity index (χ0n) is 14.5. The number of alkyl halides is 3. The summed E-state index contributed by atoms with van der Waals surface area (Å²) in [7, 11) is 0. The monoisotopic (exact) mass is 377 g/mol. The average Bonchev–Trinajstić information content (AvgIpc) is 3.02. The van der Waals surface area contributed by atoms with Gasteiger partial charge in [0.15, 0.2) is 0 Å². The molecule has 1 aliphatic rings. The summed E-state index contributed by atoms with van der Waals surface area (Å²) < 4.78 is 38.3. The molecule has 0 spiro atoms. The minimum Gasteiger partial charge on any atom is -0.481 e. The Bertz CT molecular complexity index is 862. The maximum Gasteiger partial charge on any atom is 0.416 e. The number of likely N-dealkylation sites (tertiary alicyclic amines) is 1. The van der Waals surface area contributed by atoms with E-state index in [2.05, 4.69) is 0 Å². The third-order valence-electron chi connectivity index (χ3n) is 5.01. The summed E-state index contributed by atoms with van der Waals surface area (Å²) in [6, 6.07) is 10.8. The zero-order valence-corrected chi connectivity index (χ0v) is 14.5. The van der Waals surface area contributed by atoms with Crippen LogP contribution in [-0.4, -0.2) is 34.5 Å². The van der Waals surface area contributed by atoms with E-state index in [9.17, 15) is 27.9 Å². The Morgan fingerprint density at radius 1 is 1.07 bits per heavy atom. The van der Waals surface area contributed by atoms with Crippen LogP contribution in [-0.2, 0) is 11.0 Å². The number of benzene rings is 2. The van der Waals surface area contributed by atoms with E-state index in [1.807, 2.05) is 0 Å². The largest absolute Gasteiger partial charge is 0.481 e. The number of carboxylic acid groups (broad SMARTS) is 1. The molecule has 0 bridgehead atoms. The molecule has 7 heteroatoms. The van der Waals surface area contributed by atoms with Crippen molar-refractivity contribution in [3.8, 4) is 11.1 Å². The van der Waals surface area contributed by atoms with Gasteiger partial charge >= 0.3 is 12.1 Å². The number of amides is 1. The lowest BCUT2D eigenvalue weighted by Crippen LogP contribution is -2.37. The lowest BCUT2D eigenvalue weighted by atomic mass is 9.97. The molecule has 1 saturated heterocycles. The van der Waals surface area contributed by atoms with E-state index < -0.39 is 29.7 Å². The molecule has 2 atom stereocenters. The van der Waals surface area contributed by atoms with Gasteiger partial charge in [0.2, 0.25) is 0 Å². The Hall–Kier alpha value is -2.83. The summed E-state index contributed by atoms with van der Waals surface area (Å²) >= 11 is 0. The van der Waals surface area contributed by atoms with Crippen molar-refractivity contribution in [2.45, 2.75) is 25.6 Å². The van der Waals surface area contributed by atoms with Gasteiger partial charge in [-0.2, -0.15) is 13.2 Å². The van der Waals surface area contributed by atoms with Crippen molar-refractivity contribution < 1.29 is 27.9 Å². The topological polar surface area (TPSA) is 57.6 Å². The van der Waals surface area contributed by atoms with Crippen LogP contribution >= 0.6 is 0 Å². The van der Waals surface area contributed by atoms with Crippen LogP contribution in [0.2, 0.25) is 0 Å². The number of rotatable bonds is 3. The molecule has 0 radical (unpaired) electrons. The molecule has 2 aromatic carbocycles. The Morgan fingerprint density at radius 3 is 2.26 bits per heavy atom. The summed E-state index contributed by atoms with van der Waals surface area (Å²) in [5.74, 6) is -1.87. The fourth-order valence-corrected chi connectivity index (χ4v) is 3.47. The highest BCUT2D eigenvalue weighted by molar-refractivity contribution is 6.01. The molecular formula is C20H18F3NO3. The first-order valence-corrected chi connectivity index (χ1v) is 8.50. The number of halogens is 3. The molecule has 27 heavy (non-hydrogen) atoms. The molecule has 1 heterocycles. The molecule has 0 aliphatic carbocycles. The Morgan fingerprint density at radius 2 is 1.70 bits per heavy atom. The molecule has 0 aromatic heterocycles. The van der Waals surface area contributed by atoms with Gasteiger partial charge in [-0.05, 0) is 42.7 Å². The van der Waals surface area contributed by atoms with Crippen LogP contribution in [0.25, 0.3) is 11.1 Å². The molecule has 142 valence electrons. The van der Waals surface area contributed by atoms with Crippen molar-refractivity contribution in [1.82, 2.24) is 4.90 Å². The molecular weight excluding hydrogens is 359 g/mol. The zero-order chi connectivity index (χ0) is 19.8. The lowest BCUT2D eigenvalue weighted by molar-refractivity contribution is -0.142. The first-order valence-electron chi connectivity index (χ1n) is 8.50. The lowest BCUT2D eigenvalue weighted by Gasteiger charge is -2.24. The molecule has 3 rings (SSSR count). The summed E-state index contributed by atoms with van der Waals surface area (Å²) in [6.45, 7) is 2.03. The molecule has 0 saturated carbocycles. The van der Waals surface area contributed by atoms with Gasteiger partial charge in [0.1, 0.15) is 0 Å². The summed E-state index contributed by atoms with van der Waals surface area (Å²) in [5.41, 5.74) is 0.596. The molecule has 2 unspecified atom stereocenters. The van der Waals surface area contributed by atoms with Gasteiger partial charge in [0.05, 0.1) is 11.5 Å². The highest BCUT2D eigenvalue weighted by atomic mass is 19.4. The summed E-state index contributed by atoms with van der Waals surface area (Å²) in [5, 5.41) is 9.25. The number of carbonyl (C=O) groups is 2. The van der Waals surface area contributed by atoms with E-state index >= 15 is 0 Å². The number of hydrogen-bond acceptors (Lipinski definition) is 2. The summed E-state index contributed by atoms with van der Waals surface area (Å²) in [6.07, 6.45) is -4.05. The molecule has 1 amide bonds. The van der Waals surface area contributed by atoms with E-state index in [1.165, 1.54) is 17.0 Å². The molecule has 1 N–H and O–H groups in total.